The van der Waals surface area contributed by atoms with E-state index in [4.69, 9.17) is 0 Å². The molecule has 0 aliphatic carbocycles. The smallest absolute Gasteiger partial charge is 0.267 e. The lowest BCUT2D eigenvalue weighted by atomic mass is 10.2. The summed E-state index contributed by atoms with van der Waals surface area (Å²) in [5.74, 6) is 0. The largest absolute Gasteiger partial charge is 0.273 e. The number of hydrogen-bond acceptors (Lipinski definition) is 3. The molecule has 0 unspecified atom stereocenters. The molecule has 0 aliphatic rings. The highest BCUT2D eigenvalue weighted by molar-refractivity contribution is 5.67. The van der Waals surface area contributed by atoms with Crippen LogP contribution >= 0.6 is 0 Å². The molecule has 0 fully saturated rings. The Morgan fingerprint density at radius 1 is 0.885 bits per heavy atom. The Hall–Kier alpha value is -3.47. The molecule has 0 saturated carbocycles. The van der Waals surface area contributed by atoms with Crippen molar-refractivity contribution in [3.63, 3.8) is 0 Å². The van der Waals surface area contributed by atoms with Crippen molar-refractivity contribution in [1.29, 1.82) is 0 Å². The van der Waals surface area contributed by atoms with Gasteiger partial charge < -0.3 is 0 Å². The lowest BCUT2D eigenvalue weighted by Crippen LogP contribution is -2.20. The summed E-state index contributed by atoms with van der Waals surface area (Å²) in [6.45, 7) is 3.90. The number of para-hydroxylation sites is 1. The highest BCUT2D eigenvalue weighted by Crippen LogP contribution is 2.14. The fourth-order valence-corrected chi connectivity index (χ4v) is 2.94. The molecular weight excluding hydrogens is 324 g/mol. The Bertz CT molecular complexity index is 1170. The number of hydrogen-bond donors (Lipinski definition) is 0. The van der Waals surface area contributed by atoms with E-state index in [2.05, 4.69) is 9.97 Å². The highest BCUT2D eigenvalue weighted by Gasteiger charge is 2.10. The predicted octanol–water partition coefficient (Wildman–Crippen LogP) is 3.67. The van der Waals surface area contributed by atoms with Crippen LogP contribution in [0.5, 0.6) is 0 Å². The van der Waals surface area contributed by atoms with E-state index in [1.54, 1.807) is 4.52 Å². The summed E-state index contributed by atoms with van der Waals surface area (Å²) in [7, 11) is 0. The van der Waals surface area contributed by atoms with Crippen molar-refractivity contribution >= 4 is 17.8 Å². The van der Waals surface area contributed by atoms with E-state index < -0.39 is 0 Å². The van der Waals surface area contributed by atoms with Gasteiger partial charge in [-0.25, -0.2) is 4.98 Å². The molecule has 5 heteroatoms. The first-order valence-corrected chi connectivity index (χ1v) is 8.41. The molecule has 0 bridgehead atoms. The fraction of sp³-hybridized carbons (Fsp3) is 0.0952. The summed E-state index contributed by atoms with van der Waals surface area (Å²) in [5, 5.41) is 0. The third-order valence-corrected chi connectivity index (χ3v) is 4.16. The van der Waals surface area contributed by atoms with Crippen molar-refractivity contribution in [2.45, 2.75) is 13.8 Å². The van der Waals surface area contributed by atoms with Crippen molar-refractivity contribution in [2.24, 2.45) is 0 Å². The van der Waals surface area contributed by atoms with Gasteiger partial charge in [0.15, 0.2) is 5.65 Å². The molecule has 3 aromatic heterocycles. The van der Waals surface area contributed by atoms with Crippen LogP contribution in [-0.4, -0.2) is 19.2 Å². The van der Waals surface area contributed by atoms with Crippen molar-refractivity contribution in [3.05, 3.63) is 93.8 Å². The van der Waals surface area contributed by atoms with E-state index in [9.17, 15) is 4.79 Å². The maximum Gasteiger partial charge on any atom is 0.273 e. The molecule has 0 amide bonds. The van der Waals surface area contributed by atoms with Gasteiger partial charge in [0.05, 0.1) is 17.1 Å². The topological polar surface area (TPSA) is 52.2 Å². The van der Waals surface area contributed by atoms with Gasteiger partial charge in [-0.15, -0.1) is 0 Å². The van der Waals surface area contributed by atoms with Crippen LogP contribution in [0.4, 0.5) is 0 Å². The Morgan fingerprint density at radius 3 is 2.42 bits per heavy atom. The highest BCUT2D eigenvalue weighted by atomic mass is 16.1. The fourth-order valence-electron chi connectivity index (χ4n) is 2.94. The molecule has 0 N–H and O–H groups in total. The standard InChI is InChI=1S/C21H18N4O/c1-15-14-24(19-9-4-3-5-10-19)25-20(26)13-18(23-21(15)25)12-11-17-8-6-7-16(2)22-17/h3-14H,1-2H3. The molecule has 4 aromatic rings. The van der Waals surface area contributed by atoms with E-state index in [0.29, 0.717) is 11.3 Å². The third kappa shape index (κ3) is 2.95. The second kappa shape index (κ2) is 6.44. The molecule has 26 heavy (non-hydrogen) atoms. The van der Waals surface area contributed by atoms with Gasteiger partial charge in [0.1, 0.15) is 0 Å². The van der Waals surface area contributed by atoms with Crippen molar-refractivity contribution < 1.29 is 0 Å². The van der Waals surface area contributed by atoms with Gasteiger partial charge in [0, 0.05) is 23.5 Å². The molecule has 128 valence electrons. The first-order chi connectivity index (χ1) is 12.6. The van der Waals surface area contributed by atoms with Crippen LogP contribution in [0, 0.1) is 13.8 Å². The quantitative estimate of drug-likeness (QED) is 0.571. The van der Waals surface area contributed by atoms with Crippen LogP contribution in [0.1, 0.15) is 22.6 Å². The number of pyridine rings is 1. The molecule has 3 heterocycles. The van der Waals surface area contributed by atoms with Gasteiger partial charge in [-0.05, 0) is 50.3 Å². The number of aryl methyl sites for hydroxylation is 2. The van der Waals surface area contributed by atoms with E-state index in [0.717, 1.165) is 22.6 Å². The monoisotopic (exact) mass is 342 g/mol. The van der Waals surface area contributed by atoms with Crippen molar-refractivity contribution in [3.8, 4) is 5.69 Å². The number of fused-ring (bicyclic) bond motifs is 1. The number of benzene rings is 1. The van der Waals surface area contributed by atoms with Crippen LogP contribution in [0.15, 0.2) is 65.6 Å². The third-order valence-electron chi connectivity index (χ3n) is 4.16. The molecule has 4 rings (SSSR count). The summed E-state index contributed by atoms with van der Waals surface area (Å²) in [5.41, 5.74) is 4.79. The van der Waals surface area contributed by atoms with Gasteiger partial charge in [-0.1, -0.05) is 24.3 Å². The number of nitrogens with zero attached hydrogens (tertiary/aromatic N) is 4. The molecule has 0 atom stereocenters. The maximum absolute atomic E-state index is 12.7. The lowest BCUT2D eigenvalue weighted by Gasteiger charge is -2.06. The first kappa shape index (κ1) is 16.0. The normalized spacial score (nSPS) is 11.5. The molecular formula is C21H18N4O. The number of rotatable bonds is 3. The van der Waals surface area contributed by atoms with Crippen LogP contribution in [0.25, 0.3) is 23.5 Å². The second-order valence-electron chi connectivity index (χ2n) is 6.18. The summed E-state index contributed by atoms with van der Waals surface area (Å²) in [6.07, 6.45) is 5.62. The van der Waals surface area contributed by atoms with Gasteiger partial charge in [0.25, 0.3) is 5.56 Å². The minimum absolute atomic E-state index is 0.121. The number of aromatic nitrogens is 4. The van der Waals surface area contributed by atoms with Gasteiger partial charge >= 0.3 is 0 Å². The summed E-state index contributed by atoms with van der Waals surface area (Å²) in [4.78, 5) is 21.8. The summed E-state index contributed by atoms with van der Waals surface area (Å²) < 4.78 is 3.42. The molecule has 0 radical (unpaired) electrons. The van der Waals surface area contributed by atoms with Crippen LogP contribution < -0.4 is 5.56 Å². The van der Waals surface area contributed by atoms with Crippen molar-refractivity contribution in [2.75, 3.05) is 0 Å². The van der Waals surface area contributed by atoms with Crippen LogP contribution in [0.3, 0.4) is 0 Å². The van der Waals surface area contributed by atoms with Crippen LogP contribution in [0.2, 0.25) is 0 Å². The zero-order valence-electron chi connectivity index (χ0n) is 14.6. The van der Waals surface area contributed by atoms with E-state index in [1.165, 1.54) is 6.07 Å². The maximum atomic E-state index is 12.7. The average Bonchev–Trinajstić information content (AvgIpc) is 2.98. The Balaban J connectivity index is 1.81. The zero-order chi connectivity index (χ0) is 18.1. The van der Waals surface area contributed by atoms with Crippen molar-refractivity contribution in [1.82, 2.24) is 19.2 Å². The molecule has 1 aromatic carbocycles. The second-order valence-corrected chi connectivity index (χ2v) is 6.18. The Kier molecular flexibility index (Phi) is 3.97. The van der Waals surface area contributed by atoms with E-state index in [1.807, 2.05) is 85.4 Å². The van der Waals surface area contributed by atoms with Gasteiger partial charge in [-0.3, -0.25) is 14.5 Å². The average molecular weight is 342 g/mol. The van der Waals surface area contributed by atoms with E-state index in [-0.39, 0.29) is 5.56 Å². The first-order valence-electron chi connectivity index (χ1n) is 8.41. The van der Waals surface area contributed by atoms with Gasteiger partial charge in [-0.2, -0.15) is 4.52 Å². The molecule has 0 spiro atoms. The Morgan fingerprint density at radius 2 is 1.65 bits per heavy atom. The Labute approximate surface area is 150 Å². The zero-order valence-corrected chi connectivity index (χ0v) is 14.6. The summed E-state index contributed by atoms with van der Waals surface area (Å²) in [6, 6.07) is 17.1. The summed E-state index contributed by atoms with van der Waals surface area (Å²) >= 11 is 0. The SMILES string of the molecule is Cc1cccc(C=Cc2cc(=O)n3c(n2)c(C)cn3-c2ccccc2)n1. The van der Waals surface area contributed by atoms with E-state index >= 15 is 0 Å². The molecule has 0 saturated heterocycles. The lowest BCUT2D eigenvalue weighted by molar-refractivity contribution is 0.763. The predicted molar refractivity (Wildman–Crippen MR) is 103 cm³/mol. The molecule has 5 nitrogen and oxygen atoms in total. The minimum Gasteiger partial charge on any atom is -0.267 e. The molecule has 0 aliphatic heterocycles. The van der Waals surface area contributed by atoms with Gasteiger partial charge in [0.2, 0.25) is 0 Å². The van der Waals surface area contributed by atoms with Crippen LogP contribution in [-0.2, 0) is 0 Å². The minimum atomic E-state index is -0.121.